The minimum Gasteiger partial charge on any atom is -0.468 e. The molecule has 0 N–H and O–H groups in total. The summed E-state index contributed by atoms with van der Waals surface area (Å²) in [4.78, 5) is 41.0. The van der Waals surface area contributed by atoms with Gasteiger partial charge in [0.1, 0.15) is 11.8 Å². The fourth-order valence-corrected chi connectivity index (χ4v) is 4.46. The van der Waals surface area contributed by atoms with Crippen LogP contribution >= 0.6 is 0 Å². The van der Waals surface area contributed by atoms with E-state index in [1.165, 1.54) is 14.2 Å². The van der Waals surface area contributed by atoms with Gasteiger partial charge in [0.05, 0.1) is 26.3 Å². The number of esters is 2. The van der Waals surface area contributed by atoms with Crippen molar-refractivity contribution in [2.24, 2.45) is 11.8 Å². The summed E-state index contributed by atoms with van der Waals surface area (Å²) in [5, 5.41) is 0. The molecular formula is C24H27NO5. The van der Waals surface area contributed by atoms with Gasteiger partial charge in [0.25, 0.3) is 0 Å². The molecule has 0 saturated carbocycles. The van der Waals surface area contributed by atoms with Gasteiger partial charge in [-0.2, -0.15) is 0 Å². The highest BCUT2D eigenvalue weighted by Crippen LogP contribution is 2.46. The molecule has 0 aliphatic carbocycles. The molecule has 6 nitrogen and oxygen atoms in total. The van der Waals surface area contributed by atoms with Crippen LogP contribution in [-0.2, 0) is 23.9 Å². The number of rotatable bonds is 4. The first-order valence-electron chi connectivity index (χ1n) is 9.84. The highest BCUT2D eigenvalue weighted by atomic mass is 16.5. The first-order chi connectivity index (χ1) is 14.3. The molecule has 1 aliphatic heterocycles. The van der Waals surface area contributed by atoms with Gasteiger partial charge in [0.15, 0.2) is 5.78 Å². The molecule has 3 rings (SSSR count). The van der Waals surface area contributed by atoms with Crippen LogP contribution in [0.1, 0.15) is 34.3 Å². The molecule has 2 aromatic carbocycles. The monoisotopic (exact) mass is 409 g/mol. The van der Waals surface area contributed by atoms with Crippen molar-refractivity contribution in [3.63, 3.8) is 0 Å². The maximum absolute atomic E-state index is 13.6. The van der Waals surface area contributed by atoms with E-state index in [2.05, 4.69) is 0 Å². The molecule has 4 unspecified atom stereocenters. The fraction of sp³-hybridized carbons (Fsp3) is 0.375. The van der Waals surface area contributed by atoms with E-state index in [9.17, 15) is 14.4 Å². The third-order valence-electron chi connectivity index (χ3n) is 5.80. The predicted molar refractivity (Wildman–Crippen MR) is 112 cm³/mol. The molecule has 158 valence electrons. The summed E-state index contributed by atoms with van der Waals surface area (Å²) in [7, 11) is 4.34. The molecule has 0 amide bonds. The summed E-state index contributed by atoms with van der Waals surface area (Å²) in [6, 6.07) is 14.2. The Bertz CT molecular complexity index is 894. The minimum atomic E-state index is -1.13. The first kappa shape index (κ1) is 21.7. The average Bonchev–Trinajstić information content (AvgIpc) is 2.73. The summed E-state index contributed by atoms with van der Waals surface area (Å²) < 4.78 is 9.95. The van der Waals surface area contributed by atoms with Crippen molar-refractivity contribution in [2.45, 2.75) is 25.9 Å². The van der Waals surface area contributed by atoms with Crippen molar-refractivity contribution >= 4 is 17.7 Å². The average molecular weight is 409 g/mol. The van der Waals surface area contributed by atoms with Crippen molar-refractivity contribution in [3.8, 4) is 0 Å². The summed E-state index contributed by atoms with van der Waals surface area (Å²) in [6.07, 6.45) is 0. The number of piperidine rings is 1. The molecular weight excluding hydrogens is 382 g/mol. The smallest absolute Gasteiger partial charge is 0.318 e. The molecule has 1 aliphatic rings. The summed E-state index contributed by atoms with van der Waals surface area (Å²) in [6.45, 7) is 3.91. The largest absolute Gasteiger partial charge is 0.468 e. The van der Waals surface area contributed by atoms with E-state index in [1.54, 1.807) is 0 Å². The third kappa shape index (κ3) is 3.87. The lowest BCUT2D eigenvalue weighted by atomic mass is 9.73. The molecule has 0 spiro atoms. The second-order valence-corrected chi connectivity index (χ2v) is 7.79. The van der Waals surface area contributed by atoms with Crippen LogP contribution in [0.4, 0.5) is 0 Å². The van der Waals surface area contributed by atoms with Crippen LogP contribution in [0.5, 0.6) is 0 Å². The topological polar surface area (TPSA) is 72.9 Å². The van der Waals surface area contributed by atoms with Crippen molar-refractivity contribution in [2.75, 3.05) is 21.3 Å². The number of hydrogen-bond acceptors (Lipinski definition) is 6. The van der Waals surface area contributed by atoms with Gasteiger partial charge in [0, 0.05) is 0 Å². The third-order valence-corrected chi connectivity index (χ3v) is 5.80. The molecule has 1 fully saturated rings. The standard InChI is InChI=1S/C24H27NO5/c1-14-8-6-10-16(12-14)20-18(23(27)29-4)22(26)19(24(28)30-5)21(25(20)3)17-11-7-9-15(2)13-17/h6-13,18-21H,1-5H3. The number of hydrogen-bond donors (Lipinski definition) is 0. The van der Waals surface area contributed by atoms with Gasteiger partial charge in [-0.3, -0.25) is 19.3 Å². The molecule has 0 bridgehead atoms. The number of likely N-dealkylation sites (tertiary alicyclic amines) is 1. The van der Waals surface area contributed by atoms with Crippen LogP contribution in [0.3, 0.4) is 0 Å². The summed E-state index contributed by atoms with van der Waals surface area (Å²) >= 11 is 0. The Kier molecular flexibility index (Phi) is 6.37. The number of ketones is 1. The summed E-state index contributed by atoms with van der Waals surface area (Å²) in [5.74, 6) is -4.06. The van der Waals surface area contributed by atoms with Crippen molar-refractivity contribution in [1.82, 2.24) is 4.90 Å². The van der Waals surface area contributed by atoms with Gasteiger partial charge in [-0.1, -0.05) is 59.7 Å². The van der Waals surface area contributed by atoms with E-state index in [-0.39, 0.29) is 0 Å². The van der Waals surface area contributed by atoms with E-state index in [1.807, 2.05) is 74.3 Å². The zero-order valence-electron chi connectivity index (χ0n) is 17.9. The van der Waals surface area contributed by atoms with E-state index in [4.69, 9.17) is 9.47 Å². The van der Waals surface area contributed by atoms with E-state index < -0.39 is 41.6 Å². The number of benzene rings is 2. The van der Waals surface area contributed by atoms with Crippen LogP contribution < -0.4 is 0 Å². The second kappa shape index (κ2) is 8.79. The Balaban J connectivity index is 2.22. The summed E-state index contributed by atoms with van der Waals surface area (Å²) in [5.41, 5.74) is 3.67. The lowest BCUT2D eigenvalue weighted by molar-refractivity contribution is -0.167. The van der Waals surface area contributed by atoms with E-state index in [0.717, 1.165) is 22.3 Å². The van der Waals surface area contributed by atoms with Crippen molar-refractivity contribution < 1.29 is 23.9 Å². The van der Waals surface area contributed by atoms with E-state index in [0.29, 0.717) is 0 Å². The Morgan fingerprint density at radius 3 is 1.53 bits per heavy atom. The number of aryl methyl sites for hydroxylation is 2. The number of nitrogens with zero attached hydrogens (tertiary/aromatic N) is 1. The SMILES string of the molecule is COC(=O)C1C(=O)C(C(=O)OC)C(c2cccc(C)c2)N(C)C1c1cccc(C)c1. The molecule has 30 heavy (non-hydrogen) atoms. The highest BCUT2D eigenvalue weighted by Gasteiger charge is 2.54. The lowest BCUT2D eigenvalue weighted by Crippen LogP contribution is -2.54. The van der Waals surface area contributed by atoms with Crippen LogP contribution in [0.2, 0.25) is 0 Å². The van der Waals surface area contributed by atoms with Gasteiger partial charge < -0.3 is 9.47 Å². The molecule has 1 saturated heterocycles. The van der Waals surface area contributed by atoms with Gasteiger partial charge in [0.2, 0.25) is 0 Å². The molecule has 0 radical (unpaired) electrons. The fourth-order valence-electron chi connectivity index (χ4n) is 4.46. The molecule has 2 aromatic rings. The number of carbonyl (C=O) groups is 3. The normalized spacial score (nSPS) is 24.4. The minimum absolute atomic E-state index is 0.482. The highest BCUT2D eigenvalue weighted by molar-refractivity contribution is 6.10. The Morgan fingerprint density at radius 2 is 1.20 bits per heavy atom. The van der Waals surface area contributed by atoms with Crippen LogP contribution in [0.25, 0.3) is 0 Å². The Hall–Kier alpha value is -2.99. The molecule has 0 aromatic heterocycles. The number of carbonyl (C=O) groups excluding carboxylic acids is 3. The van der Waals surface area contributed by atoms with E-state index >= 15 is 0 Å². The molecule has 6 heteroatoms. The van der Waals surface area contributed by atoms with Gasteiger partial charge >= 0.3 is 11.9 Å². The predicted octanol–water partition coefficient (Wildman–Crippen LogP) is 3.18. The first-order valence-corrected chi connectivity index (χ1v) is 9.84. The zero-order valence-corrected chi connectivity index (χ0v) is 17.9. The quantitative estimate of drug-likeness (QED) is 0.571. The maximum atomic E-state index is 13.6. The van der Waals surface area contributed by atoms with Gasteiger partial charge in [-0.15, -0.1) is 0 Å². The number of methoxy groups -OCH3 is 2. The zero-order chi connectivity index (χ0) is 22.0. The van der Waals surface area contributed by atoms with Gasteiger partial charge in [-0.05, 0) is 32.0 Å². The maximum Gasteiger partial charge on any atom is 0.318 e. The van der Waals surface area contributed by atoms with Crippen LogP contribution in [0.15, 0.2) is 48.5 Å². The number of ether oxygens (including phenoxy) is 2. The Labute approximate surface area is 176 Å². The molecule has 4 atom stereocenters. The van der Waals surface area contributed by atoms with Crippen molar-refractivity contribution in [1.29, 1.82) is 0 Å². The van der Waals surface area contributed by atoms with Crippen molar-refractivity contribution in [3.05, 3.63) is 70.8 Å². The van der Waals surface area contributed by atoms with Crippen LogP contribution in [0, 0.1) is 25.7 Å². The van der Waals surface area contributed by atoms with Crippen LogP contribution in [-0.4, -0.2) is 43.9 Å². The van der Waals surface area contributed by atoms with Gasteiger partial charge in [-0.25, -0.2) is 0 Å². The number of Topliss-reactive ketones (excluding diaryl/α,β-unsaturated/α-hetero) is 1. The molecule has 1 heterocycles. The lowest BCUT2D eigenvalue weighted by Gasteiger charge is -2.46. The second-order valence-electron chi connectivity index (χ2n) is 7.79. The Morgan fingerprint density at radius 1 is 0.800 bits per heavy atom.